The zero-order valence-corrected chi connectivity index (χ0v) is 9.60. The molecule has 0 N–H and O–H groups in total. The summed E-state index contributed by atoms with van der Waals surface area (Å²) in [6.07, 6.45) is 5.47. The summed E-state index contributed by atoms with van der Waals surface area (Å²) in [5.74, 6) is 0.753. The zero-order chi connectivity index (χ0) is 9.40. The van der Waals surface area contributed by atoms with Crippen LogP contribution in [0.25, 0.3) is 0 Å². The van der Waals surface area contributed by atoms with Gasteiger partial charge in [-0.3, -0.25) is 0 Å². The Labute approximate surface area is 84.3 Å². The van der Waals surface area contributed by atoms with Gasteiger partial charge in [0.15, 0.2) is 0 Å². The van der Waals surface area contributed by atoms with Crippen LogP contribution in [-0.2, 0) is 0 Å². The molecule has 0 aliphatic heterocycles. The summed E-state index contributed by atoms with van der Waals surface area (Å²) in [6.45, 7) is 4.42. The summed E-state index contributed by atoms with van der Waals surface area (Å²) in [5, 5.41) is 8.39. The lowest BCUT2D eigenvalue weighted by Gasteiger charge is -2.17. The van der Waals surface area contributed by atoms with Crippen LogP contribution in [0.4, 0.5) is 0 Å². The first-order valence-electron chi connectivity index (χ1n) is 4.73. The Bertz CT molecular complexity index is 137. The highest BCUT2D eigenvalue weighted by molar-refractivity contribution is 9.09. The molecule has 0 amide bonds. The lowest BCUT2D eigenvalue weighted by Crippen LogP contribution is -2.10. The second-order valence-electron chi connectivity index (χ2n) is 3.28. The number of nitrogens with zero attached hydrogens (tertiary/aromatic N) is 1. The molecule has 2 unspecified atom stereocenters. The van der Waals surface area contributed by atoms with E-state index in [4.69, 9.17) is 5.26 Å². The molecule has 0 radical (unpaired) electrons. The molecule has 0 rings (SSSR count). The smallest absolute Gasteiger partial charge is 0.0621 e. The highest BCUT2D eigenvalue weighted by atomic mass is 79.9. The van der Waals surface area contributed by atoms with Gasteiger partial charge in [0.25, 0.3) is 0 Å². The third kappa shape index (κ3) is 5.60. The Hall–Kier alpha value is -0.0300. The minimum absolute atomic E-state index is 0.594. The van der Waals surface area contributed by atoms with E-state index in [-0.39, 0.29) is 0 Å². The van der Waals surface area contributed by atoms with Crippen LogP contribution in [0.1, 0.15) is 46.0 Å². The number of halogens is 1. The number of unbranched alkanes of at least 4 members (excludes halogenated alkanes) is 1. The maximum Gasteiger partial charge on any atom is 0.0621 e. The molecule has 0 fully saturated rings. The van der Waals surface area contributed by atoms with Crippen LogP contribution in [0.2, 0.25) is 0 Å². The monoisotopic (exact) mass is 231 g/mol. The van der Waals surface area contributed by atoms with Gasteiger partial charge in [-0.25, -0.2) is 0 Å². The van der Waals surface area contributed by atoms with Gasteiger partial charge in [0, 0.05) is 11.2 Å². The molecule has 2 heteroatoms. The third-order valence-corrected chi connectivity index (χ3v) is 2.92. The Balaban J connectivity index is 3.57. The van der Waals surface area contributed by atoms with Crippen molar-refractivity contribution in [3.05, 3.63) is 0 Å². The van der Waals surface area contributed by atoms with E-state index in [1.807, 2.05) is 0 Å². The molecule has 70 valence electrons. The molecule has 0 aliphatic rings. The summed E-state index contributed by atoms with van der Waals surface area (Å²) in [5.41, 5.74) is 0. The molecule has 0 bridgehead atoms. The average molecular weight is 232 g/mol. The zero-order valence-electron chi connectivity index (χ0n) is 8.02. The highest BCUT2D eigenvalue weighted by Crippen LogP contribution is 2.23. The first-order chi connectivity index (χ1) is 5.72. The fraction of sp³-hybridized carbons (Fsp3) is 0.900. The Morgan fingerprint density at radius 3 is 2.50 bits per heavy atom. The summed E-state index contributed by atoms with van der Waals surface area (Å²) < 4.78 is 0. The van der Waals surface area contributed by atoms with Crippen molar-refractivity contribution in [1.29, 1.82) is 5.26 Å². The van der Waals surface area contributed by atoms with E-state index in [1.165, 1.54) is 19.3 Å². The molecule has 0 saturated heterocycles. The van der Waals surface area contributed by atoms with Gasteiger partial charge < -0.3 is 0 Å². The normalized spacial score (nSPS) is 15.2. The third-order valence-electron chi connectivity index (χ3n) is 2.17. The Kier molecular flexibility index (Phi) is 7.59. The fourth-order valence-electron chi connectivity index (χ4n) is 1.42. The molecule has 0 aliphatic carbocycles. The van der Waals surface area contributed by atoms with Crippen molar-refractivity contribution in [3.8, 4) is 6.07 Å². The van der Waals surface area contributed by atoms with Crippen LogP contribution in [0, 0.1) is 17.2 Å². The van der Waals surface area contributed by atoms with Crippen molar-refractivity contribution in [2.75, 3.05) is 0 Å². The quantitative estimate of drug-likeness (QED) is 0.503. The standard InChI is InChI=1S/C10H18BrN/c1-3-6-10(9(2)11)7-4-5-8-12/h9-10H,3-7H2,1-2H3. The first kappa shape index (κ1) is 12.0. The van der Waals surface area contributed by atoms with Crippen LogP contribution in [0.5, 0.6) is 0 Å². The lowest BCUT2D eigenvalue weighted by atomic mass is 9.95. The molecule has 12 heavy (non-hydrogen) atoms. The predicted molar refractivity (Wildman–Crippen MR) is 56.3 cm³/mol. The van der Waals surface area contributed by atoms with E-state index < -0.39 is 0 Å². The fourth-order valence-corrected chi connectivity index (χ4v) is 1.95. The molecule has 2 atom stereocenters. The summed E-state index contributed by atoms with van der Waals surface area (Å²) in [4.78, 5) is 0.594. The van der Waals surface area contributed by atoms with Crippen LogP contribution >= 0.6 is 15.9 Å². The molecule has 0 saturated carbocycles. The van der Waals surface area contributed by atoms with Gasteiger partial charge in [-0.1, -0.05) is 36.2 Å². The van der Waals surface area contributed by atoms with Gasteiger partial charge in [0.2, 0.25) is 0 Å². The number of rotatable bonds is 6. The predicted octanol–water partition coefficient (Wildman–Crippen LogP) is 3.88. The van der Waals surface area contributed by atoms with Crippen LogP contribution in [0.15, 0.2) is 0 Å². The van der Waals surface area contributed by atoms with Crippen LogP contribution in [0.3, 0.4) is 0 Å². The van der Waals surface area contributed by atoms with Crippen molar-refractivity contribution in [2.45, 2.75) is 50.8 Å². The number of hydrogen-bond donors (Lipinski definition) is 0. The van der Waals surface area contributed by atoms with E-state index in [1.54, 1.807) is 0 Å². The van der Waals surface area contributed by atoms with Gasteiger partial charge in [-0.2, -0.15) is 5.26 Å². The largest absolute Gasteiger partial charge is 0.198 e. The number of hydrogen-bond acceptors (Lipinski definition) is 1. The Morgan fingerprint density at radius 1 is 1.42 bits per heavy atom. The molecule has 0 aromatic carbocycles. The molecular formula is C10H18BrN. The van der Waals surface area contributed by atoms with Crippen molar-refractivity contribution >= 4 is 15.9 Å². The number of alkyl halides is 1. The lowest BCUT2D eigenvalue weighted by molar-refractivity contribution is 0.435. The molecule has 0 spiro atoms. The van der Waals surface area contributed by atoms with E-state index in [0.29, 0.717) is 11.2 Å². The topological polar surface area (TPSA) is 23.8 Å². The molecule has 0 aromatic heterocycles. The number of nitriles is 1. The summed E-state index contributed by atoms with van der Waals surface area (Å²) in [6, 6.07) is 2.19. The van der Waals surface area contributed by atoms with E-state index in [2.05, 4.69) is 35.8 Å². The van der Waals surface area contributed by atoms with Gasteiger partial charge in [-0.05, 0) is 25.2 Å². The van der Waals surface area contributed by atoms with E-state index in [0.717, 1.165) is 12.3 Å². The SMILES string of the molecule is CCCC(CCCC#N)C(C)Br. The van der Waals surface area contributed by atoms with Gasteiger partial charge in [-0.15, -0.1) is 0 Å². The minimum atomic E-state index is 0.594. The van der Waals surface area contributed by atoms with Crippen molar-refractivity contribution in [1.82, 2.24) is 0 Å². The van der Waals surface area contributed by atoms with Gasteiger partial charge in [0.1, 0.15) is 0 Å². The van der Waals surface area contributed by atoms with Crippen molar-refractivity contribution in [3.63, 3.8) is 0 Å². The van der Waals surface area contributed by atoms with Crippen molar-refractivity contribution in [2.24, 2.45) is 5.92 Å². The highest BCUT2D eigenvalue weighted by Gasteiger charge is 2.12. The summed E-state index contributed by atoms with van der Waals surface area (Å²) in [7, 11) is 0. The van der Waals surface area contributed by atoms with E-state index >= 15 is 0 Å². The maximum absolute atomic E-state index is 8.39. The van der Waals surface area contributed by atoms with Gasteiger partial charge in [0.05, 0.1) is 6.07 Å². The van der Waals surface area contributed by atoms with E-state index in [9.17, 15) is 0 Å². The second-order valence-corrected chi connectivity index (χ2v) is 4.72. The molecule has 0 heterocycles. The Morgan fingerprint density at radius 2 is 2.08 bits per heavy atom. The minimum Gasteiger partial charge on any atom is -0.198 e. The van der Waals surface area contributed by atoms with Gasteiger partial charge >= 0.3 is 0 Å². The van der Waals surface area contributed by atoms with Crippen LogP contribution < -0.4 is 0 Å². The summed E-state index contributed by atoms with van der Waals surface area (Å²) >= 11 is 3.61. The van der Waals surface area contributed by atoms with Crippen LogP contribution in [-0.4, -0.2) is 4.83 Å². The molecule has 0 aromatic rings. The molecular weight excluding hydrogens is 214 g/mol. The maximum atomic E-state index is 8.39. The van der Waals surface area contributed by atoms with Crippen molar-refractivity contribution < 1.29 is 0 Å². The first-order valence-corrected chi connectivity index (χ1v) is 5.65. The average Bonchev–Trinajstić information content (AvgIpc) is 2.03. The molecule has 1 nitrogen and oxygen atoms in total. The second kappa shape index (κ2) is 7.61.